The van der Waals surface area contributed by atoms with Crippen molar-refractivity contribution in [3.8, 4) is 33.6 Å². The van der Waals surface area contributed by atoms with E-state index in [1.54, 1.807) is 0 Å². The monoisotopic (exact) mass is 512 g/mol. The van der Waals surface area contributed by atoms with Gasteiger partial charge in [0.05, 0.1) is 14.8 Å². The fraction of sp³-hybridized carbons (Fsp3) is 0.0811. The first-order chi connectivity index (χ1) is 19.7. The zero-order valence-corrected chi connectivity index (χ0v) is 22.4. The number of rotatable bonds is 0. The number of fused-ring (bicyclic) bond motifs is 11. The van der Waals surface area contributed by atoms with E-state index >= 15 is 0 Å². The highest BCUT2D eigenvalue weighted by Crippen LogP contribution is 2.67. The van der Waals surface area contributed by atoms with Crippen LogP contribution in [0.4, 0.5) is 11.4 Å². The van der Waals surface area contributed by atoms with Crippen LogP contribution in [0, 0.1) is 13.8 Å². The standard InChI is InChI=1S/C37H26N3/c1-23-17-19-38-33(21-23)27-11-7-15-31-35(27)40(38)36-28(34-22-24(2)18-20-39(34)40)12-8-16-32(36)37(31)29-13-5-3-9-25(29)26-10-4-6-14-30(26)37/h3-22H,1-2H3/q+3. The molecule has 1 aliphatic carbocycles. The van der Waals surface area contributed by atoms with Crippen molar-refractivity contribution in [1.29, 1.82) is 0 Å². The Hall–Kier alpha value is -4.86. The van der Waals surface area contributed by atoms with Crippen LogP contribution < -0.4 is 14.1 Å². The molecule has 0 fully saturated rings. The van der Waals surface area contributed by atoms with Gasteiger partial charge in [0.25, 0.3) is 22.8 Å². The summed E-state index contributed by atoms with van der Waals surface area (Å²) < 4.78 is 5.51. The highest BCUT2D eigenvalue weighted by Gasteiger charge is 2.75. The number of hydrogen-bond donors (Lipinski definition) is 0. The summed E-state index contributed by atoms with van der Waals surface area (Å²) in [6.45, 7) is 4.40. The van der Waals surface area contributed by atoms with Crippen LogP contribution in [0.3, 0.4) is 0 Å². The number of pyridine rings is 2. The SMILES string of the molecule is Cc1cc[n+]2c(c1)-c1cccc3c1[N+]21c2c(cccc2C32c3ccccc3-c3ccccc32)-c2cc(C)cc[n+]21. The molecule has 3 nitrogen and oxygen atoms in total. The minimum Gasteiger partial charge on any atom is -0.0619 e. The molecule has 0 bridgehead atoms. The van der Waals surface area contributed by atoms with Gasteiger partial charge in [0, 0.05) is 35.4 Å². The fourth-order valence-corrected chi connectivity index (χ4v) is 8.49. The van der Waals surface area contributed by atoms with Crippen molar-refractivity contribution in [2.75, 3.05) is 0 Å². The van der Waals surface area contributed by atoms with Crippen molar-refractivity contribution >= 4 is 11.4 Å². The summed E-state index contributed by atoms with van der Waals surface area (Å²) in [5, 5.41) is 0. The lowest BCUT2D eigenvalue weighted by Crippen LogP contribution is -2.82. The van der Waals surface area contributed by atoms with Crippen LogP contribution in [0.1, 0.15) is 33.4 Å². The Kier molecular flexibility index (Phi) is 3.49. The number of benzene rings is 4. The van der Waals surface area contributed by atoms with Crippen LogP contribution in [0.2, 0.25) is 0 Å². The zero-order valence-electron chi connectivity index (χ0n) is 22.4. The van der Waals surface area contributed by atoms with Crippen molar-refractivity contribution < 1.29 is 9.35 Å². The molecular formula is C37H26N3+3. The van der Waals surface area contributed by atoms with Gasteiger partial charge in [0.15, 0.2) is 4.70 Å². The Morgan fingerprint density at radius 3 is 1.40 bits per heavy atom. The molecule has 3 aliphatic heterocycles. The van der Waals surface area contributed by atoms with Crippen LogP contribution >= 0.6 is 0 Å². The maximum atomic E-state index is 2.49. The molecule has 186 valence electrons. The summed E-state index contributed by atoms with van der Waals surface area (Å²) in [6.07, 6.45) is 4.59. The van der Waals surface area contributed by atoms with Crippen LogP contribution in [-0.2, 0) is 5.41 Å². The number of aromatic nitrogens is 2. The van der Waals surface area contributed by atoms with Crippen molar-refractivity contribution in [3.63, 3.8) is 0 Å². The molecule has 40 heavy (non-hydrogen) atoms. The topological polar surface area (TPSA) is 7.76 Å². The van der Waals surface area contributed by atoms with Crippen molar-refractivity contribution in [1.82, 2.24) is 4.70 Å². The smallest absolute Gasteiger partial charge is 0.0619 e. The summed E-state index contributed by atoms with van der Waals surface area (Å²) in [6, 6.07) is 41.4. The second kappa shape index (κ2) is 6.64. The van der Waals surface area contributed by atoms with Gasteiger partial charge in [-0.2, -0.15) is 0 Å². The first kappa shape index (κ1) is 21.0. The second-order valence-corrected chi connectivity index (χ2v) is 11.7. The molecule has 3 heteroatoms. The molecule has 0 saturated heterocycles. The van der Waals surface area contributed by atoms with Gasteiger partial charge in [-0.3, -0.25) is 0 Å². The Balaban J connectivity index is 1.51. The van der Waals surface area contributed by atoms with E-state index in [4.69, 9.17) is 0 Å². The van der Waals surface area contributed by atoms with Crippen LogP contribution in [-0.4, -0.2) is 0 Å². The summed E-state index contributed by atoms with van der Waals surface area (Å²) in [5.74, 6) is 0. The third-order valence-corrected chi connectivity index (χ3v) is 9.81. The summed E-state index contributed by atoms with van der Waals surface area (Å²) in [4.78, 5) is 0. The molecule has 10 rings (SSSR count). The lowest BCUT2D eigenvalue weighted by Gasteiger charge is -2.38. The third kappa shape index (κ3) is 1.99. The molecule has 0 atom stereocenters. The van der Waals surface area contributed by atoms with E-state index in [9.17, 15) is 0 Å². The lowest BCUT2D eigenvalue weighted by molar-refractivity contribution is -1.02. The molecule has 6 aromatic rings. The van der Waals surface area contributed by atoms with Crippen molar-refractivity contribution in [2.24, 2.45) is 0 Å². The van der Waals surface area contributed by atoms with Gasteiger partial charge >= 0.3 is 0 Å². The minimum atomic E-state index is -0.402. The predicted molar refractivity (Wildman–Crippen MR) is 157 cm³/mol. The maximum Gasteiger partial charge on any atom is 0.286 e. The van der Waals surface area contributed by atoms with Crippen LogP contribution in [0.5, 0.6) is 0 Å². The van der Waals surface area contributed by atoms with Gasteiger partial charge in [-0.15, -0.1) is 0 Å². The normalized spacial score (nSPS) is 16.1. The number of nitrogens with zero attached hydrogens (tertiary/aromatic N) is 3. The van der Waals surface area contributed by atoms with Crippen LogP contribution in [0.25, 0.3) is 33.6 Å². The zero-order chi connectivity index (χ0) is 26.4. The molecule has 0 amide bonds. The molecule has 4 aromatic carbocycles. The fourth-order valence-electron chi connectivity index (χ4n) is 8.49. The number of aryl methyl sites for hydroxylation is 2. The van der Waals surface area contributed by atoms with Crippen molar-refractivity contribution in [2.45, 2.75) is 19.3 Å². The van der Waals surface area contributed by atoms with Gasteiger partial charge in [-0.1, -0.05) is 72.8 Å². The van der Waals surface area contributed by atoms with E-state index < -0.39 is 5.41 Å². The Labute approximate surface area is 233 Å². The van der Waals surface area contributed by atoms with Gasteiger partial charge in [0.2, 0.25) is 12.4 Å². The molecule has 2 aromatic heterocycles. The molecule has 5 heterocycles. The Morgan fingerprint density at radius 2 is 0.900 bits per heavy atom. The average molecular weight is 513 g/mol. The Morgan fingerprint density at radius 1 is 0.475 bits per heavy atom. The quantitative estimate of drug-likeness (QED) is 0.152. The molecule has 0 radical (unpaired) electrons. The van der Waals surface area contributed by atoms with Gasteiger partial charge in [0.1, 0.15) is 11.1 Å². The third-order valence-electron chi connectivity index (χ3n) is 9.81. The molecule has 4 aliphatic rings. The molecule has 0 unspecified atom stereocenters. The highest BCUT2D eigenvalue weighted by atomic mass is 15.9. The average Bonchev–Trinajstić information content (AvgIpc) is 3.56. The van der Waals surface area contributed by atoms with Crippen LogP contribution in [0.15, 0.2) is 122 Å². The van der Waals surface area contributed by atoms with Crippen molar-refractivity contribution in [3.05, 3.63) is 155 Å². The van der Waals surface area contributed by atoms with Gasteiger partial charge < -0.3 is 0 Å². The summed E-state index contributed by atoms with van der Waals surface area (Å²) in [5.41, 5.74) is 18.2. The first-order valence-electron chi connectivity index (χ1n) is 14.1. The van der Waals surface area contributed by atoms with E-state index in [-0.39, 0.29) is 0 Å². The number of para-hydroxylation sites is 2. The maximum absolute atomic E-state index is 2.49. The van der Waals surface area contributed by atoms with E-state index in [0.29, 0.717) is 4.70 Å². The summed E-state index contributed by atoms with van der Waals surface area (Å²) in [7, 11) is 0. The second-order valence-electron chi connectivity index (χ2n) is 11.7. The largest absolute Gasteiger partial charge is 0.286 e. The molecule has 2 spiro atoms. The predicted octanol–water partition coefficient (Wildman–Crippen LogP) is 7.08. The van der Waals surface area contributed by atoms with Gasteiger partial charge in [-0.05, 0) is 59.4 Å². The molecule has 0 saturated carbocycles. The number of hydrogen-bond acceptors (Lipinski definition) is 0. The van der Waals surface area contributed by atoms with E-state index in [1.807, 2.05) is 0 Å². The minimum absolute atomic E-state index is 0.402. The van der Waals surface area contributed by atoms with E-state index in [0.717, 1.165) is 0 Å². The highest BCUT2D eigenvalue weighted by molar-refractivity contribution is 5.98. The summed E-state index contributed by atoms with van der Waals surface area (Å²) >= 11 is 0. The molecule has 0 N–H and O–H groups in total. The Bertz CT molecular complexity index is 2000. The van der Waals surface area contributed by atoms with E-state index in [2.05, 4.69) is 145 Å². The molecular weight excluding hydrogens is 486 g/mol. The first-order valence-corrected chi connectivity index (χ1v) is 14.1. The number of quaternary nitrogens is 1. The lowest BCUT2D eigenvalue weighted by atomic mass is 9.64. The van der Waals surface area contributed by atoms with Gasteiger partial charge in [-0.25, -0.2) is 0 Å². The van der Waals surface area contributed by atoms with E-state index in [1.165, 1.54) is 78.4 Å².